The fraction of sp³-hybridized carbons (Fsp3) is 0.143. The molecular formula is C21H19N7O. The number of pyridine rings is 2. The molecular weight excluding hydrogens is 366 g/mol. The molecule has 4 heterocycles. The van der Waals surface area contributed by atoms with Gasteiger partial charge in [-0.15, -0.1) is 0 Å². The van der Waals surface area contributed by atoms with Crippen LogP contribution in [-0.4, -0.2) is 35.6 Å². The van der Waals surface area contributed by atoms with Crippen molar-refractivity contribution in [2.45, 2.75) is 20.4 Å². The van der Waals surface area contributed by atoms with Gasteiger partial charge in [0.25, 0.3) is 0 Å². The number of hydrogen-bond acceptors (Lipinski definition) is 6. The molecule has 1 N–H and O–H groups in total. The van der Waals surface area contributed by atoms with Crippen LogP contribution in [0.25, 0.3) is 22.4 Å². The monoisotopic (exact) mass is 385 g/mol. The molecule has 0 fully saturated rings. The lowest BCUT2D eigenvalue weighted by atomic mass is 10.1. The maximum Gasteiger partial charge on any atom is 0.247 e. The lowest BCUT2D eigenvalue weighted by Crippen LogP contribution is -2.19. The second kappa shape index (κ2) is 7.97. The Morgan fingerprint density at radius 3 is 2.62 bits per heavy atom. The van der Waals surface area contributed by atoms with E-state index < -0.39 is 0 Å². The van der Waals surface area contributed by atoms with Gasteiger partial charge in [0, 0.05) is 47.8 Å². The molecule has 0 saturated carbocycles. The standard InChI is InChI=1S/C21H19N7O/c1-14-9-16(5-6-23-14)18-12-28(27-15(18)2)13-21(29)26-20-4-3-17(10-25-20)19-11-22-7-8-24-19/h3-12H,13H2,1-2H3,(H,25,26,29). The third-order valence-corrected chi connectivity index (χ3v) is 4.35. The third kappa shape index (κ3) is 4.32. The summed E-state index contributed by atoms with van der Waals surface area (Å²) in [5.41, 5.74) is 5.36. The SMILES string of the molecule is Cc1cc(-c2cn(CC(=O)Nc3ccc(-c4cnccn4)cn3)nc2C)ccn1. The minimum Gasteiger partial charge on any atom is -0.309 e. The second-order valence-corrected chi connectivity index (χ2v) is 6.58. The van der Waals surface area contributed by atoms with Gasteiger partial charge in [-0.3, -0.25) is 24.4 Å². The van der Waals surface area contributed by atoms with E-state index >= 15 is 0 Å². The fourth-order valence-corrected chi connectivity index (χ4v) is 2.99. The van der Waals surface area contributed by atoms with Crippen LogP contribution in [0.5, 0.6) is 0 Å². The lowest BCUT2D eigenvalue weighted by molar-refractivity contribution is -0.116. The van der Waals surface area contributed by atoms with E-state index in [0.717, 1.165) is 33.8 Å². The molecule has 8 nitrogen and oxygen atoms in total. The quantitative estimate of drug-likeness (QED) is 0.567. The average Bonchev–Trinajstić information content (AvgIpc) is 3.09. The molecule has 0 spiro atoms. The van der Waals surface area contributed by atoms with Crippen LogP contribution >= 0.6 is 0 Å². The van der Waals surface area contributed by atoms with Gasteiger partial charge in [0.2, 0.25) is 5.91 Å². The fourth-order valence-electron chi connectivity index (χ4n) is 2.99. The summed E-state index contributed by atoms with van der Waals surface area (Å²) in [5.74, 6) is 0.265. The van der Waals surface area contributed by atoms with E-state index in [1.807, 2.05) is 38.2 Å². The van der Waals surface area contributed by atoms with E-state index in [9.17, 15) is 4.79 Å². The van der Waals surface area contributed by atoms with Gasteiger partial charge in [-0.1, -0.05) is 0 Å². The molecule has 144 valence electrons. The zero-order chi connectivity index (χ0) is 20.2. The molecule has 1 amide bonds. The van der Waals surface area contributed by atoms with Crippen molar-refractivity contribution in [1.29, 1.82) is 0 Å². The summed E-state index contributed by atoms with van der Waals surface area (Å²) in [6.45, 7) is 3.96. The molecule has 0 aliphatic heterocycles. The topological polar surface area (TPSA) is 98.5 Å². The van der Waals surface area contributed by atoms with Crippen molar-refractivity contribution in [3.05, 3.63) is 72.8 Å². The first-order valence-electron chi connectivity index (χ1n) is 9.08. The highest BCUT2D eigenvalue weighted by molar-refractivity contribution is 5.89. The van der Waals surface area contributed by atoms with Gasteiger partial charge >= 0.3 is 0 Å². The van der Waals surface area contributed by atoms with Crippen molar-refractivity contribution in [1.82, 2.24) is 29.7 Å². The van der Waals surface area contributed by atoms with Crippen molar-refractivity contribution in [3.63, 3.8) is 0 Å². The molecule has 4 rings (SSSR count). The van der Waals surface area contributed by atoms with E-state index in [0.29, 0.717) is 5.82 Å². The van der Waals surface area contributed by atoms with Gasteiger partial charge < -0.3 is 5.32 Å². The van der Waals surface area contributed by atoms with E-state index in [-0.39, 0.29) is 12.5 Å². The molecule has 29 heavy (non-hydrogen) atoms. The van der Waals surface area contributed by atoms with Crippen LogP contribution in [0.15, 0.2) is 61.4 Å². The van der Waals surface area contributed by atoms with Crippen LogP contribution in [0.3, 0.4) is 0 Å². The summed E-state index contributed by atoms with van der Waals surface area (Å²) in [6.07, 6.45) is 10.2. The van der Waals surface area contributed by atoms with Gasteiger partial charge in [0.05, 0.1) is 17.6 Å². The van der Waals surface area contributed by atoms with Crippen molar-refractivity contribution in [2.75, 3.05) is 5.32 Å². The highest BCUT2D eigenvalue weighted by Crippen LogP contribution is 2.22. The number of carbonyl (C=O) groups excluding carboxylic acids is 1. The Morgan fingerprint density at radius 2 is 1.90 bits per heavy atom. The first-order chi connectivity index (χ1) is 14.1. The van der Waals surface area contributed by atoms with Crippen molar-refractivity contribution in [2.24, 2.45) is 0 Å². The Hall–Kier alpha value is -3.94. The molecule has 0 atom stereocenters. The summed E-state index contributed by atoms with van der Waals surface area (Å²) >= 11 is 0. The number of aryl methyl sites for hydroxylation is 2. The Bertz CT molecular complexity index is 1140. The Kier molecular flexibility index (Phi) is 5.07. The van der Waals surface area contributed by atoms with Crippen molar-refractivity contribution >= 4 is 11.7 Å². The number of nitrogens with zero attached hydrogens (tertiary/aromatic N) is 6. The molecule has 8 heteroatoms. The predicted octanol–water partition coefficient (Wildman–Crippen LogP) is 3.05. The van der Waals surface area contributed by atoms with Crippen LogP contribution in [0, 0.1) is 13.8 Å². The van der Waals surface area contributed by atoms with Gasteiger partial charge in [-0.2, -0.15) is 5.10 Å². The van der Waals surface area contributed by atoms with Crippen LogP contribution < -0.4 is 5.32 Å². The van der Waals surface area contributed by atoms with E-state index in [1.54, 1.807) is 41.7 Å². The number of aromatic nitrogens is 6. The Labute approximate surface area is 167 Å². The molecule has 0 unspecified atom stereocenters. The van der Waals surface area contributed by atoms with Crippen LogP contribution in [0.1, 0.15) is 11.4 Å². The number of carbonyl (C=O) groups is 1. The van der Waals surface area contributed by atoms with Crippen molar-refractivity contribution < 1.29 is 4.79 Å². The first-order valence-corrected chi connectivity index (χ1v) is 9.08. The number of amides is 1. The highest BCUT2D eigenvalue weighted by atomic mass is 16.2. The van der Waals surface area contributed by atoms with Crippen LogP contribution in [0.2, 0.25) is 0 Å². The Morgan fingerprint density at radius 1 is 1.00 bits per heavy atom. The summed E-state index contributed by atoms with van der Waals surface area (Å²) < 4.78 is 1.63. The van der Waals surface area contributed by atoms with Crippen LogP contribution in [0.4, 0.5) is 5.82 Å². The second-order valence-electron chi connectivity index (χ2n) is 6.58. The largest absolute Gasteiger partial charge is 0.309 e. The molecule has 0 aliphatic carbocycles. The summed E-state index contributed by atoms with van der Waals surface area (Å²) in [4.78, 5) is 29.2. The number of rotatable bonds is 5. The molecule has 4 aromatic rings. The van der Waals surface area contributed by atoms with Crippen molar-refractivity contribution in [3.8, 4) is 22.4 Å². The first kappa shape index (κ1) is 18.4. The van der Waals surface area contributed by atoms with Crippen LogP contribution in [-0.2, 0) is 11.3 Å². The predicted molar refractivity (Wildman–Crippen MR) is 109 cm³/mol. The smallest absolute Gasteiger partial charge is 0.247 e. The maximum absolute atomic E-state index is 12.4. The molecule has 0 aliphatic rings. The summed E-state index contributed by atoms with van der Waals surface area (Å²) in [5, 5.41) is 7.24. The minimum absolute atomic E-state index is 0.0957. The molecule has 0 saturated heterocycles. The van der Waals surface area contributed by atoms with Gasteiger partial charge in [0.1, 0.15) is 12.4 Å². The minimum atomic E-state index is -0.204. The highest BCUT2D eigenvalue weighted by Gasteiger charge is 2.11. The normalized spacial score (nSPS) is 10.7. The maximum atomic E-state index is 12.4. The summed E-state index contributed by atoms with van der Waals surface area (Å²) in [6, 6.07) is 7.51. The van der Waals surface area contributed by atoms with Gasteiger partial charge in [0.15, 0.2) is 0 Å². The van der Waals surface area contributed by atoms with Gasteiger partial charge in [-0.05, 0) is 43.7 Å². The Balaban J connectivity index is 1.43. The molecule has 4 aromatic heterocycles. The van der Waals surface area contributed by atoms with E-state index in [4.69, 9.17) is 0 Å². The zero-order valence-electron chi connectivity index (χ0n) is 16.1. The van der Waals surface area contributed by atoms with Gasteiger partial charge in [-0.25, -0.2) is 4.98 Å². The molecule has 0 radical (unpaired) electrons. The van der Waals surface area contributed by atoms with E-state index in [1.165, 1.54) is 0 Å². The number of hydrogen-bond donors (Lipinski definition) is 1. The lowest BCUT2D eigenvalue weighted by Gasteiger charge is -2.06. The number of nitrogens with one attached hydrogen (secondary N) is 1. The zero-order valence-corrected chi connectivity index (χ0v) is 16.1. The average molecular weight is 385 g/mol. The molecule has 0 bridgehead atoms. The number of anilines is 1. The van der Waals surface area contributed by atoms with E-state index in [2.05, 4.69) is 30.4 Å². The summed E-state index contributed by atoms with van der Waals surface area (Å²) in [7, 11) is 0. The molecule has 0 aromatic carbocycles. The third-order valence-electron chi connectivity index (χ3n) is 4.35.